The molecule has 1 rings (SSSR count). The molecular formula is C16H28N2O3. The van der Waals surface area contributed by atoms with Crippen LogP contribution >= 0.6 is 0 Å². The van der Waals surface area contributed by atoms with E-state index in [9.17, 15) is 5.11 Å². The maximum Gasteiger partial charge on any atom is 0.123 e. The van der Waals surface area contributed by atoms with Crippen LogP contribution in [0.25, 0.3) is 0 Å². The van der Waals surface area contributed by atoms with Crippen LogP contribution in [0.3, 0.4) is 0 Å². The lowest BCUT2D eigenvalue weighted by Crippen LogP contribution is -2.37. The number of para-hydroxylation sites is 1. The van der Waals surface area contributed by atoms with Gasteiger partial charge in [-0.15, -0.1) is 0 Å². The molecule has 5 nitrogen and oxygen atoms in total. The van der Waals surface area contributed by atoms with Crippen molar-refractivity contribution < 1.29 is 14.6 Å². The second kappa shape index (κ2) is 10.6. The Kier molecular flexibility index (Phi) is 9.01. The summed E-state index contributed by atoms with van der Waals surface area (Å²) in [6, 6.07) is 7.64. The van der Waals surface area contributed by atoms with Crippen molar-refractivity contribution in [2.24, 2.45) is 5.73 Å². The molecule has 21 heavy (non-hydrogen) atoms. The van der Waals surface area contributed by atoms with Gasteiger partial charge in [0, 0.05) is 31.8 Å². The number of hydrogen-bond acceptors (Lipinski definition) is 5. The van der Waals surface area contributed by atoms with E-state index in [1.807, 2.05) is 31.2 Å². The lowest BCUT2D eigenvalue weighted by atomic mass is 10.2. The molecule has 0 saturated heterocycles. The smallest absolute Gasteiger partial charge is 0.123 e. The predicted molar refractivity (Wildman–Crippen MR) is 84.4 cm³/mol. The molecule has 1 unspecified atom stereocenters. The zero-order chi connectivity index (χ0) is 15.5. The number of aliphatic hydroxyl groups is 1. The van der Waals surface area contributed by atoms with Crippen molar-refractivity contribution in [3.8, 4) is 5.75 Å². The third kappa shape index (κ3) is 6.91. The molecule has 0 fully saturated rings. The van der Waals surface area contributed by atoms with Crippen molar-refractivity contribution in [1.29, 1.82) is 0 Å². The number of ether oxygens (including phenoxy) is 2. The fourth-order valence-corrected chi connectivity index (χ4v) is 2.07. The number of nitrogens with zero attached hydrogens (tertiary/aromatic N) is 1. The molecule has 1 atom stereocenters. The molecule has 0 aliphatic rings. The highest BCUT2D eigenvalue weighted by molar-refractivity contribution is 5.32. The van der Waals surface area contributed by atoms with Gasteiger partial charge in [0.25, 0.3) is 0 Å². The van der Waals surface area contributed by atoms with Gasteiger partial charge < -0.3 is 20.3 Å². The Balaban J connectivity index is 2.36. The van der Waals surface area contributed by atoms with E-state index < -0.39 is 6.10 Å². The van der Waals surface area contributed by atoms with Crippen LogP contribution < -0.4 is 10.5 Å². The van der Waals surface area contributed by atoms with Crippen molar-refractivity contribution in [2.45, 2.75) is 26.5 Å². The molecule has 3 N–H and O–H groups in total. The molecule has 0 aliphatic heterocycles. The highest BCUT2D eigenvalue weighted by atomic mass is 16.5. The van der Waals surface area contributed by atoms with Crippen LogP contribution in [0.1, 0.15) is 19.4 Å². The van der Waals surface area contributed by atoms with E-state index >= 15 is 0 Å². The fourth-order valence-electron chi connectivity index (χ4n) is 2.07. The minimum Gasteiger partial charge on any atom is -0.491 e. The van der Waals surface area contributed by atoms with Gasteiger partial charge >= 0.3 is 0 Å². The first-order valence-electron chi connectivity index (χ1n) is 7.60. The van der Waals surface area contributed by atoms with Gasteiger partial charge in [-0.1, -0.05) is 25.1 Å². The summed E-state index contributed by atoms with van der Waals surface area (Å²) in [5.74, 6) is 0.747. The second-order valence-corrected chi connectivity index (χ2v) is 4.87. The molecule has 0 spiro atoms. The first-order valence-corrected chi connectivity index (χ1v) is 7.60. The van der Waals surface area contributed by atoms with Crippen LogP contribution in [-0.2, 0) is 11.3 Å². The van der Waals surface area contributed by atoms with Crippen LogP contribution in [0, 0.1) is 0 Å². The molecular weight excluding hydrogens is 268 g/mol. The van der Waals surface area contributed by atoms with Gasteiger partial charge in [-0.25, -0.2) is 0 Å². The first kappa shape index (κ1) is 17.9. The Morgan fingerprint density at radius 3 is 2.71 bits per heavy atom. The van der Waals surface area contributed by atoms with Crippen LogP contribution in [0.5, 0.6) is 5.75 Å². The Morgan fingerprint density at radius 2 is 2.05 bits per heavy atom. The lowest BCUT2D eigenvalue weighted by molar-refractivity contribution is 0.0534. The molecule has 0 heterocycles. The number of hydrogen-bond donors (Lipinski definition) is 2. The summed E-state index contributed by atoms with van der Waals surface area (Å²) in [7, 11) is 0. The number of aliphatic hydroxyl groups excluding tert-OH is 1. The van der Waals surface area contributed by atoms with E-state index in [0.29, 0.717) is 19.7 Å². The quantitative estimate of drug-likeness (QED) is 0.601. The van der Waals surface area contributed by atoms with Crippen LogP contribution in [0.4, 0.5) is 0 Å². The zero-order valence-electron chi connectivity index (χ0n) is 13.1. The molecule has 0 saturated carbocycles. The normalized spacial score (nSPS) is 12.6. The van der Waals surface area contributed by atoms with Crippen molar-refractivity contribution in [2.75, 3.05) is 39.5 Å². The Bertz CT molecular complexity index is 388. The number of likely N-dealkylation sites (N-methyl/N-ethyl adjacent to an activating group) is 1. The SMILES string of the molecule is CCOCCN(CC)CC(O)COc1ccccc1CN. The average molecular weight is 296 g/mol. The summed E-state index contributed by atoms with van der Waals surface area (Å²) in [6.45, 7) is 8.44. The lowest BCUT2D eigenvalue weighted by Gasteiger charge is -2.23. The van der Waals surface area contributed by atoms with Crippen LogP contribution in [-0.4, -0.2) is 55.6 Å². The Morgan fingerprint density at radius 1 is 1.29 bits per heavy atom. The highest BCUT2D eigenvalue weighted by Crippen LogP contribution is 2.17. The maximum absolute atomic E-state index is 10.1. The van der Waals surface area contributed by atoms with E-state index in [4.69, 9.17) is 15.2 Å². The molecule has 0 radical (unpaired) electrons. The minimum atomic E-state index is -0.530. The van der Waals surface area contributed by atoms with Crippen LogP contribution in [0.2, 0.25) is 0 Å². The third-order valence-electron chi connectivity index (χ3n) is 3.30. The number of rotatable bonds is 11. The van der Waals surface area contributed by atoms with Gasteiger partial charge in [0.2, 0.25) is 0 Å². The molecule has 0 aromatic heterocycles. The number of benzene rings is 1. The van der Waals surface area contributed by atoms with E-state index in [0.717, 1.165) is 31.0 Å². The third-order valence-corrected chi connectivity index (χ3v) is 3.30. The van der Waals surface area contributed by atoms with Gasteiger partial charge in [0.1, 0.15) is 18.5 Å². The summed E-state index contributed by atoms with van der Waals surface area (Å²) in [5.41, 5.74) is 6.61. The van der Waals surface area contributed by atoms with E-state index in [-0.39, 0.29) is 6.61 Å². The maximum atomic E-state index is 10.1. The fraction of sp³-hybridized carbons (Fsp3) is 0.625. The van der Waals surface area contributed by atoms with E-state index in [2.05, 4.69) is 11.8 Å². The number of nitrogens with two attached hydrogens (primary N) is 1. The molecule has 0 bridgehead atoms. The topological polar surface area (TPSA) is 68.0 Å². The summed E-state index contributed by atoms with van der Waals surface area (Å²) in [5, 5.41) is 10.1. The molecule has 0 aliphatic carbocycles. The second-order valence-electron chi connectivity index (χ2n) is 4.87. The molecule has 120 valence electrons. The van der Waals surface area contributed by atoms with Crippen LogP contribution in [0.15, 0.2) is 24.3 Å². The summed E-state index contributed by atoms with van der Waals surface area (Å²) in [6.07, 6.45) is -0.530. The summed E-state index contributed by atoms with van der Waals surface area (Å²) < 4.78 is 11.0. The Hall–Kier alpha value is -1.14. The first-order chi connectivity index (χ1) is 10.2. The van der Waals surface area contributed by atoms with Crippen molar-refractivity contribution >= 4 is 0 Å². The minimum absolute atomic E-state index is 0.266. The largest absolute Gasteiger partial charge is 0.491 e. The van der Waals surface area contributed by atoms with Gasteiger partial charge in [-0.05, 0) is 19.5 Å². The van der Waals surface area contributed by atoms with Gasteiger partial charge in [0.15, 0.2) is 0 Å². The monoisotopic (exact) mass is 296 g/mol. The van der Waals surface area contributed by atoms with E-state index in [1.54, 1.807) is 0 Å². The zero-order valence-corrected chi connectivity index (χ0v) is 13.1. The predicted octanol–water partition coefficient (Wildman–Crippen LogP) is 1.24. The highest BCUT2D eigenvalue weighted by Gasteiger charge is 2.12. The Labute approximate surface area is 127 Å². The van der Waals surface area contributed by atoms with Gasteiger partial charge in [0.05, 0.1) is 6.61 Å². The standard InChI is InChI=1S/C16H28N2O3/c1-3-18(9-10-20-4-2)12-15(19)13-21-16-8-6-5-7-14(16)11-17/h5-8,15,19H,3-4,9-13,17H2,1-2H3. The van der Waals surface area contributed by atoms with E-state index in [1.165, 1.54) is 0 Å². The van der Waals surface area contributed by atoms with Crippen molar-refractivity contribution in [3.63, 3.8) is 0 Å². The molecule has 1 aromatic rings. The molecule has 5 heteroatoms. The van der Waals surface area contributed by atoms with Gasteiger partial charge in [-0.2, -0.15) is 0 Å². The summed E-state index contributed by atoms with van der Waals surface area (Å²) in [4.78, 5) is 2.15. The summed E-state index contributed by atoms with van der Waals surface area (Å²) >= 11 is 0. The molecule has 0 amide bonds. The average Bonchev–Trinajstić information content (AvgIpc) is 2.52. The van der Waals surface area contributed by atoms with Crippen molar-refractivity contribution in [3.05, 3.63) is 29.8 Å². The molecule has 1 aromatic carbocycles. The van der Waals surface area contributed by atoms with Crippen molar-refractivity contribution in [1.82, 2.24) is 4.90 Å². The van der Waals surface area contributed by atoms with Gasteiger partial charge in [-0.3, -0.25) is 4.90 Å².